The minimum atomic E-state index is -0.885. The van der Waals surface area contributed by atoms with Crippen LogP contribution in [0.25, 0.3) is 0 Å². The van der Waals surface area contributed by atoms with Crippen LogP contribution in [0.2, 0.25) is 0 Å². The molecule has 1 heterocycles. The normalized spacial score (nSPS) is 27.1. The Bertz CT molecular complexity index is 247. The van der Waals surface area contributed by atoms with Crippen LogP contribution in [0.15, 0.2) is 0 Å². The highest BCUT2D eigenvalue weighted by atomic mass is 16.5. The summed E-state index contributed by atoms with van der Waals surface area (Å²) in [6, 6.07) is 0. The summed E-state index contributed by atoms with van der Waals surface area (Å²) >= 11 is 0. The minimum absolute atomic E-state index is 0.178. The maximum Gasteiger partial charge on any atom is 0.324 e. The van der Waals surface area contributed by atoms with E-state index in [1.54, 1.807) is 14.0 Å². The van der Waals surface area contributed by atoms with Gasteiger partial charge in [0.1, 0.15) is 5.54 Å². The van der Waals surface area contributed by atoms with Gasteiger partial charge in [0.15, 0.2) is 0 Å². The molecule has 1 rings (SSSR count). The van der Waals surface area contributed by atoms with Gasteiger partial charge in [0.05, 0.1) is 6.10 Å². The average molecular weight is 230 g/mol. The molecule has 0 aliphatic carbocycles. The van der Waals surface area contributed by atoms with Crippen LogP contribution < -0.4 is 5.32 Å². The lowest BCUT2D eigenvalue weighted by Gasteiger charge is -2.31. The third-order valence-electron chi connectivity index (χ3n) is 3.10. The van der Waals surface area contributed by atoms with Gasteiger partial charge in [-0.1, -0.05) is 0 Å². The van der Waals surface area contributed by atoms with Gasteiger partial charge >= 0.3 is 5.97 Å². The first-order chi connectivity index (χ1) is 7.48. The number of carboxylic acids is 1. The van der Waals surface area contributed by atoms with E-state index in [0.717, 1.165) is 26.1 Å². The Morgan fingerprint density at radius 3 is 2.94 bits per heavy atom. The molecular formula is C11H22N2O3. The van der Waals surface area contributed by atoms with Gasteiger partial charge in [0, 0.05) is 26.2 Å². The summed E-state index contributed by atoms with van der Waals surface area (Å²) in [5, 5.41) is 12.1. The van der Waals surface area contributed by atoms with Crippen molar-refractivity contribution in [3.05, 3.63) is 0 Å². The van der Waals surface area contributed by atoms with Gasteiger partial charge in [-0.2, -0.15) is 0 Å². The molecule has 0 aromatic rings. The van der Waals surface area contributed by atoms with Crippen molar-refractivity contribution in [1.29, 1.82) is 0 Å². The van der Waals surface area contributed by atoms with Crippen molar-refractivity contribution in [2.75, 3.05) is 33.3 Å². The summed E-state index contributed by atoms with van der Waals surface area (Å²) < 4.78 is 5.53. The van der Waals surface area contributed by atoms with Crippen molar-refractivity contribution in [3.63, 3.8) is 0 Å². The minimum Gasteiger partial charge on any atom is -0.480 e. The lowest BCUT2D eigenvalue weighted by molar-refractivity contribution is -0.144. The molecule has 0 aromatic heterocycles. The first kappa shape index (κ1) is 13.4. The zero-order valence-corrected chi connectivity index (χ0v) is 10.3. The molecule has 5 nitrogen and oxygen atoms in total. The molecule has 0 saturated carbocycles. The first-order valence-electron chi connectivity index (χ1n) is 5.74. The summed E-state index contributed by atoms with van der Waals surface area (Å²) in [7, 11) is 1.69. The highest BCUT2D eigenvalue weighted by molar-refractivity contribution is 5.78. The van der Waals surface area contributed by atoms with Gasteiger partial charge in [0.25, 0.3) is 0 Å². The third-order valence-corrected chi connectivity index (χ3v) is 3.10. The maximum absolute atomic E-state index is 11.2. The number of hydrogen-bond donors (Lipinski definition) is 2. The van der Waals surface area contributed by atoms with E-state index in [1.807, 2.05) is 6.92 Å². The molecule has 0 radical (unpaired) electrons. The second kappa shape index (κ2) is 5.61. The SMILES string of the molecule is CNC(C)(CN1CCCOC(C)C1)C(=O)O. The van der Waals surface area contributed by atoms with Gasteiger partial charge in [-0.15, -0.1) is 0 Å². The number of nitrogens with zero attached hydrogens (tertiary/aromatic N) is 1. The summed E-state index contributed by atoms with van der Waals surface area (Å²) in [5.74, 6) is -0.812. The Labute approximate surface area is 96.8 Å². The molecular weight excluding hydrogens is 208 g/mol. The van der Waals surface area contributed by atoms with E-state index in [4.69, 9.17) is 4.74 Å². The summed E-state index contributed by atoms with van der Waals surface area (Å²) in [4.78, 5) is 13.3. The van der Waals surface area contributed by atoms with Crippen molar-refractivity contribution in [3.8, 4) is 0 Å². The lowest BCUT2D eigenvalue weighted by atomic mass is 10.0. The highest BCUT2D eigenvalue weighted by Gasteiger charge is 2.34. The summed E-state index contributed by atoms with van der Waals surface area (Å²) in [5.41, 5.74) is -0.885. The quantitative estimate of drug-likeness (QED) is 0.720. The van der Waals surface area contributed by atoms with Crippen molar-refractivity contribution < 1.29 is 14.6 Å². The van der Waals surface area contributed by atoms with E-state index >= 15 is 0 Å². The molecule has 94 valence electrons. The molecule has 0 aromatic carbocycles. The maximum atomic E-state index is 11.2. The van der Waals surface area contributed by atoms with E-state index < -0.39 is 11.5 Å². The zero-order valence-electron chi connectivity index (χ0n) is 10.3. The van der Waals surface area contributed by atoms with Crippen molar-refractivity contribution in [1.82, 2.24) is 10.2 Å². The van der Waals surface area contributed by atoms with E-state index in [2.05, 4.69) is 10.2 Å². The van der Waals surface area contributed by atoms with Crippen molar-refractivity contribution in [2.24, 2.45) is 0 Å². The fourth-order valence-corrected chi connectivity index (χ4v) is 1.92. The Kier molecular flexibility index (Phi) is 4.70. The van der Waals surface area contributed by atoms with Crippen LogP contribution in [0.5, 0.6) is 0 Å². The molecule has 1 aliphatic heterocycles. The van der Waals surface area contributed by atoms with Gasteiger partial charge in [-0.3, -0.25) is 9.69 Å². The predicted molar refractivity (Wildman–Crippen MR) is 61.6 cm³/mol. The highest BCUT2D eigenvalue weighted by Crippen LogP contribution is 2.11. The van der Waals surface area contributed by atoms with Crippen LogP contribution in [0.3, 0.4) is 0 Å². The Morgan fingerprint density at radius 2 is 2.38 bits per heavy atom. The van der Waals surface area contributed by atoms with Crippen LogP contribution in [0.4, 0.5) is 0 Å². The van der Waals surface area contributed by atoms with Crippen LogP contribution in [0.1, 0.15) is 20.3 Å². The fourth-order valence-electron chi connectivity index (χ4n) is 1.92. The van der Waals surface area contributed by atoms with Gasteiger partial charge in [0.2, 0.25) is 0 Å². The Morgan fingerprint density at radius 1 is 1.69 bits per heavy atom. The molecule has 0 spiro atoms. The van der Waals surface area contributed by atoms with E-state index in [1.165, 1.54) is 0 Å². The van der Waals surface area contributed by atoms with Gasteiger partial charge < -0.3 is 15.2 Å². The number of hydrogen-bond acceptors (Lipinski definition) is 4. The summed E-state index contributed by atoms with van der Waals surface area (Å²) in [6.45, 7) is 6.70. The topological polar surface area (TPSA) is 61.8 Å². The van der Waals surface area contributed by atoms with Crippen molar-refractivity contribution >= 4 is 5.97 Å². The third kappa shape index (κ3) is 3.43. The molecule has 0 bridgehead atoms. The van der Waals surface area contributed by atoms with E-state index in [0.29, 0.717) is 6.54 Å². The monoisotopic (exact) mass is 230 g/mol. The molecule has 16 heavy (non-hydrogen) atoms. The number of nitrogens with one attached hydrogen (secondary N) is 1. The van der Waals surface area contributed by atoms with Crippen LogP contribution in [0, 0.1) is 0 Å². The number of carboxylic acid groups (broad SMARTS) is 1. The van der Waals surface area contributed by atoms with Crippen LogP contribution in [-0.2, 0) is 9.53 Å². The van der Waals surface area contributed by atoms with Crippen LogP contribution in [-0.4, -0.2) is 60.9 Å². The molecule has 1 saturated heterocycles. The number of carbonyl (C=O) groups is 1. The molecule has 2 atom stereocenters. The molecule has 1 aliphatic rings. The molecule has 1 fully saturated rings. The second-order valence-electron chi connectivity index (χ2n) is 4.66. The summed E-state index contributed by atoms with van der Waals surface area (Å²) in [6.07, 6.45) is 1.14. The number of rotatable bonds is 4. The Hall–Kier alpha value is -0.650. The molecule has 0 amide bonds. The number of likely N-dealkylation sites (N-methyl/N-ethyl adjacent to an activating group) is 1. The zero-order chi connectivity index (χ0) is 12.2. The van der Waals surface area contributed by atoms with E-state index in [9.17, 15) is 9.90 Å². The molecule has 2 unspecified atom stereocenters. The second-order valence-corrected chi connectivity index (χ2v) is 4.66. The predicted octanol–water partition coefficient (Wildman–Crippen LogP) is 0.160. The van der Waals surface area contributed by atoms with Gasteiger partial charge in [-0.25, -0.2) is 0 Å². The first-order valence-corrected chi connectivity index (χ1v) is 5.74. The number of aliphatic carboxylic acids is 1. The Balaban J connectivity index is 2.59. The van der Waals surface area contributed by atoms with Crippen molar-refractivity contribution in [2.45, 2.75) is 31.9 Å². The molecule has 5 heteroatoms. The van der Waals surface area contributed by atoms with Gasteiger partial charge in [-0.05, 0) is 27.3 Å². The average Bonchev–Trinajstić information content (AvgIpc) is 2.42. The van der Waals surface area contributed by atoms with Crippen LogP contribution >= 0.6 is 0 Å². The van der Waals surface area contributed by atoms with E-state index in [-0.39, 0.29) is 6.10 Å². The fraction of sp³-hybridized carbons (Fsp3) is 0.909. The molecule has 2 N–H and O–H groups in total. The largest absolute Gasteiger partial charge is 0.480 e. The lowest BCUT2D eigenvalue weighted by Crippen LogP contribution is -2.56. The standard InChI is InChI=1S/C11H22N2O3/c1-9-7-13(5-4-6-16-9)8-11(2,12-3)10(14)15/h9,12H,4-8H2,1-3H3,(H,14,15). The number of ether oxygens (including phenoxy) is 1. The smallest absolute Gasteiger partial charge is 0.324 e.